The largest absolute Gasteiger partial charge is 0.497 e. The summed E-state index contributed by atoms with van der Waals surface area (Å²) in [5.41, 5.74) is 1.36. The van der Waals surface area contributed by atoms with Crippen molar-refractivity contribution in [3.63, 3.8) is 0 Å². The Balaban J connectivity index is 1.96. The van der Waals surface area contributed by atoms with Crippen LogP contribution in [0.3, 0.4) is 0 Å². The number of methoxy groups -OCH3 is 1. The van der Waals surface area contributed by atoms with Gasteiger partial charge in [-0.25, -0.2) is 8.42 Å². The third kappa shape index (κ3) is 5.79. The minimum atomic E-state index is -4.11. The number of nitrogens with one attached hydrogen (secondary N) is 1. The molecule has 0 bridgehead atoms. The molecule has 7 nitrogen and oxygen atoms in total. The number of hydrogen-bond donors (Lipinski definition) is 1. The van der Waals surface area contributed by atoms with Crippen molar-refractivity contribution in [2.75, 3.05) is 11.8 Å². The van der Waals surface area contributed by atoms with Crippen molar-refractivity contribution in [3.8, 4) is 11.5 Å². The Kier molecular flexibility index (Phi) is 7.26. The van der Waals surface area contributed by atoms with Crippen molar-refractivity contribution in [2.45, 2.75) is 36.5 Å². The molecule has 0 aliphatic heterocycles. The number of halogens is 1. The Labute approximate surface area is 199 Å². The molecule has 0 atom stereocenters. The lowest BCUT2D eigenvalue weighted by Gasteiger charge is -2.18. The minimum absolute atomic E-state index is 0.0384. The lowest BCUT2D eigenvalue weighted by molar-refractivity contribution is 0.414. The summed E-state index contributed by atoms with van der Waals surface area (Å²) < 4.78 is 64.3. The van der Waals surface area contributed by atoms with Crippen LogP contribution < -0.4 is 13.6 Å². The average Bonchev–Trinajstić information content (AvgIpc) is 2.75. The Bertz CT molecular complexity index is 1350. The Morgan fingerprint density at radius 3 is 2.00 bits per heavy atom. The number of ether oxygens (including phenoxy) is 1. The fourth-order valence-electron chi connectivity index (χ4n) is 3.06. The van der Waals surface area contributed by atoms with E-state index >= 15 is 0 Å². The normalized spacial score (nSPS) is 11.9. The molecule has 1 N–H and O–H groups in total. The fourth-order valence-corrected chi connectivity index (χ4v) is 5.25. The summed E-state index contributed by atoms with van der Waals surface area (Å²) in [6.07, 6.45) is 0. The van der Waals surface area contributed by atoms with Gasteiger partial charge in [0.15, 0.2) is 0 Å². The van der Waals surface area contributed by atoms with Gasteiger partial charge in [0.1, 0.15) is 16.4 Å². The van der Waals surface area contributed by atoms with Crippen molar-refractivity contribution in [2.24, 2.45) is 0 Å². The third-order valence-electron chi connectivity index (χ3n) is 4.89. The molecule has 0 aliphatic rings. The maximum atomic E-state index is 12.9. The molecule has 3 aromatic carbocycles. The molecule has 0 spiro atoms. The van der Waals surface area contributed by atoms with Crippen LogP contribution in [0.25, 0.3) is 0 Å². The monoisotopic (exact) mass is 509 g/mol. The predicted octanol–water partition coefficient (Wildman–Crippen LogP) is 5.35. The Morgan fingerprint density at radius 1 is 0.879 bits per heavy atom. The van der Waals surface area contributed by atoms with E-state index in [0.717, 1.165) is 0 Å². The van der Waals surface area contributed by atoms with E-state index in [4.69, 9.17) is 20.5 Å². The predicted molar refractivity (Wildman–Crippen MR) is 128 cm³/mol. The topological polar surface area (TPSA) is 98.8 Å². The van der Waals surface area contributed by atoms with E-state index in [1.54, 1.807) is 25.1 Å². The Hall–Kier alpha value is -2.75. The maximum absolute atomic E-state index is 12.9. The lowest BCUT2D eigenvalue weighted by atomic mass is 9.99. The van der Waals surface area contributed by atoms with Crippen LogP contribution in [-0.4, -0.2) is 23.9 Å². The van der Waals surface area contributed by atoms with Crippen LogP contribution in [0, 0.1) is 6.92 Å². The standard InChI is InChI=1S/C23H24ClNO6S2/c1-15(2)21-14-22(25-32(26,27)19-11-7-18(30-4)8-12-19)16(3)13-23(21)31-33(28,29)20-9-5-17(24)6-10-20/h5-15,25H,1-4H3. The van der Waals surface area contributed by atoms with Gasteiger partial charge in [-0.2, -0.15) is 8.42 Å². The second-order valence-electron chi connectivity index (χ2n) is 7.63. The van der Waals surface area contributed by atoms with Gasteiger partial charge in [-0.3, -0.25) is 4.72 Å². The molecule has 10 heteroatoms. The molecule has 3 aromatic rings. The zero-order chi connectivity index (χ0) is 24.4. The summed E-state index contributed by atoms with van der Waals surface area (Å²) in [5.74, 6) is 0.519. The van der Waals surface area contributed by atoms with E-state index in [2.05, 4.69) is 4.72 Å². The molecule has 33 heavy (non-hydrogen) atoms. The van der Waals surface area contributed by atoms with Crippen LogP contribution in [0.1, 0.15) is 30.9 Å². The highest BCUT2D eigenvalue weighted by Gasteiger charge is 2.23. The number of sulfonamides is 1. The minimum Gasteiger partial charge on any atom is -0.497 e. The molecule has 0 heterocycles. The van der Waals surface area contributed by atoms with E-state index < -0.39 is 20.1 Å². The van der Waals surface area contributed by atoms with Gasteiger partial charge in [0.2, 0.25) is 0 Å². The van der Waals surface area contributed by atoms with Gasteiger partial charge in [0.25, 0.3) is 10.0 Å². The molecule has 176 valence electrons. The lowest BCUT2D eigenvalue weighted by Crippen LogP contribution is -2.15. The van der Waals surface area contributed by atoms with Crippen LogP contribution in [-0.2, 0) is 20.1 Å². The van der Waals surface area contributed by atoms with Gasteiger partial charge < -0.3 is 8.92 Å². The molecule has 0 amide bonds. The van der Waals surface area contributed by atoms with E-state index in [-0.39, 0.29) is 21.5 Å². The van der Waals surface area contributed by atoms with Gasteiger partial charge >= 0.3 is 10.1 Å². The van der Waals surface area contributed by atoms with Gasteiger partial charge in [-0.15, -0.1) is 0 Å². The molecule has 0 radical (unpaired) electrons. The van der Waals surface area contributed by atoms with Gasteiger partial charge in [0.05, 0.1) is 17.7 Å². The van der Waals surface area contributed by atoms with Crippen molar-refractivity contribution in [1.82, 2.24) is 0 Å². The van der Waals surface area contributed by atoms with Gasteiger partial charge in [-0.05, 0) is 79.1 Å². The highest BCUT2D eigenvalue weighted by molar-refractivity contribution is 7.92. The van der Waals surface area contributed by atoms with E-state index in [0.29, 0.717) is 27.6 Å². The summed E-state index contributed by atoms with van der Waals surface area (Å²) in [5, 5.41) is 0.404. The smallest absolute Gasteiger partial charge is 0.339 e. The average molecular weight is 510 g/mol. The molecule has 0 unspecified atom stereocenters. The first kappa shape index (κ1) is 24.9. The van der Waals surface area contributed by atoms with Crippen LogP contribution in [0.15, 0.2) is 70.5 Å². The van der Waals surface area contributed by atoms with Crippen LogP contribution in [0.2, 0.25) is 5.02 Å². The maximum Gasteiger partial charge on any atom is 0.339 e. The third-order valence-corrected chi connectivity index (χ3v) is 7.78. The molecule has 0 aliphatic carbocycles. The summed E-state index contributed by atoms with van der Waals surface area (Å²) >= 11 is 5.84. The molecular weight excluding hydrogens is 486 g/mol. The number of rotatable bonds is 8. The summed E-state index contributed by atoms with van der Waals surface area (Å²) in [4.78, 5) is 0.0305. The summed E-state index contributed by atoms with van der Waals surface area (Å²) in [6.45, 7) is 5.38. The molecule has 0 fully saturated rings. The van der Waals surface area contributed by atoms with Crippen molar-refractivity contribution >= 4 is 37.4 Å². The first-order chi connectivity index (χ1) is 15.4. The highest BCUT2D eigenvalue weighted by Crippen LogP contribution is 2.35. The molecule has 0 saturated heterocycles. The fraction of sp³-hybridized carbons (Fsp3) is 0.217. The number of benzene rings is 3. The first-order valence-corrected chi connectivity index (χ1v) is 13.2. The Morgan fingerprint density at radius 2 is 1.45 bits per heavy atom. The molecule has 3 rings (SSSR count). The summed E-state index contributed by atoms with van der Waals surface area (Å²) in [7, 11) is -6.49. The summed E-state index contributed by atoms with van der Waals surface area (Å²) in [6, 6.07) is 14.7. The SMILES string of the molecule is COc1ccc(S(=O)(=O)Nc2cc(C(C)C)c(OS(=O)(=O)c3ccc(Cl)cc3)cc2C)cc1. The van der Waals surface area contributed by atoms with E-state index in [1.807, 2.05) is 13.8 Å². The van der Waals surface area contributed by atoms with E-state index in [1.165, 1.54) is 49.6 Å². The van der Waals surface area contributed by atoms with E-state index in [9.17, 15) is 16.8 Å². The number of aryl methyl sites for hydroxylation is 1. The number of hydrogen-bond acceptors (Lipinski definition) is 6. The second-order valence-corrected chi connectivity index (χ2v) is 11.3. The zero-order valence-corrected chi connectivity index (χ0v) is 20.9. The van der Waals surface area contributed by atoms with Crippen LogP contribution in [0.4, 0.5) is 5.69 Å². The molecule has 0 saturated carbocycles. The molecule has 0 aromatic heterocycles. The quantitative estimate of drug-likeness (QED) is 0.411. The zero-order valence-electron chi connectivity index (χ0n) is 18.5. The number of anilines is 1. The highest BCUT2D eigenvalue weighted by atomic mass is 35.5. The van der Waals surface area contributed by atoms with Crippen molar-refractivity contribution in [3.05, 3.63) is 76.8 Å². The van der Waals surface area contributed by atoms with Crippen molar-refractivity contribution < 1.29 is 25.8 Å². The van der Waals surface area contributed by atoms with Gasteiger partial charge in [0, 0.05) is 10.6 Å². The second kappa shape index (κ2) is 9.62. The van der Waals surface area contributed by atoms with Crippen molar-refractivity contribution in [1.29, 1.82) is 0 Å². The first-order valence-electron chi connectivity index (χ1n) is 9.94. The van der Waals surface area contributed by atoms with Crippen LogP contribution in [0.5, 0.6) is 11.5 Å². The van der Waals surface area contributed by atoms with Crippen LogP contribution >= 0.6 is 11.6 Å². The molecular formula is C23H24ClNO6S2. The van der Waals surface area contributed by atoms with Gasteiger partial charge in [-0.1, -0.05) is 25.4 Å².